The summed E-state index contributed by atoms with van der Waals surface area (Å²) in [6.45, 7) is 2.07. The molecule has 3 nitrogen and oxygen atoms in total. The van der Waals surface area contributed by atoms with Gasteiger partial charge in [0.05, 0.1) is 7.11 Å². The van der Waals surface area contributed by atoms with E-state index < -0.39 is 0 Å². The molecule has 1 aromatic heterocycles. The van der Waals surface area contributed by atoms with E-state index in [4.69, 9.17) is 10.5 Å². The zero-order valence-corrected chi connectivity index (χ0v) is 10.1. The number of hydrogen-bond donors (Lipinski definition) is 1. The minimum atomic E-state index is 0.741. The maximum atomic E-state index is 5.92. The van der Waals surface area contributed by atoms with Crippen molar-refractivity contribution in [3.8, 4) is 5.75 Å². The average molecular weight is 228 g/mol. The third-order valence-corrected chi connectivity index (χ3v) is 2.76. The van der Waals surface area contributed by atoms with Gasteiger partial charge in [0.15, 0.2) is 0 Å². The maximum Gasteiger partial charge on any atom is 0.122 e. The Morgan fingerprint density at radius 1 is 1.24 bits per heavy atom. The van der Waals surface area contributed by atoms with Crippen molar-refractivity contribution in [1.29, 1.82) is 0 Å². The molecule has 0 atom stereocenters. The molecule has 0 radical (unpaired) electrons. The van der Waals surface area contributed by atoms with E-state index in [1.54, 1.807) is 19.5 Å². The molecular weight excluding hydrogens is 212 g/mol. The molecule has 3 heteroatoms. The van der Waals surface area contributed by atoms with Crippen LogP contribution >= 0.6 is 0 Å². The number of aryl methyl sites for hydroxylation is 1. The monoisotopic (exact) mass is 228 g/mol. The van der Waals surface area contributed by atoms with Crippen molar-refractivity contribution in [2.24, 2.45) is 0 Å². The molecule has 0 saturated heterocycles. The summed E-state index contributed by atoms with van der Waals surface area (Å²) in [5.74, 6) is 0.888. The standard InChI is InChI=1S/C14H16N2O/c1-10-3-4-14(17-2)11(7-10)8-12-9-16-6-5-13(12)15/h3-7,9H,8H2,1-2H3,(H2,15,16). The molecule has 1 heterocycles. The predicted octanol–water partition coefficient (Wildman–Crippen LogP) is 2.57. The Balaban J connectivity index is 2.35. The fourth-order valence-corrected chi connectivity index (χ4v) is 1.84. The number of nitrogens with zero attached hydrogens (tertiary/aromatic N) is 1. The lowest BCUT2D eigenvalue weighted by Crippen LogP contribution is -1.99. The number of pyridine rings is 1. The van der Waals surface area contributed by atoms with Crippen molar-refractivity contribution in [2.45, 2.75) is 13.3 Å². The fourth-order valence-electron chi connectivity index (χ4n) is 1.84. The highest BCUT2D eigenvalue weighted by molar-refractivity contribution is 5.49. The maximum absolute atomic E-state index is 5.92. The molecule has 2 rings (SSSR count). The van der Waals surface area contributed by atoms with Crippen LogP contribution in [0.4, 0.5) is 5.69 Å². The van der Waals surface area contributed by atoms with Crippen LogP contribution in [0, 0.1) is 6.92 Å². The van der Waals surface area contributed by atoms with Gasteiger partial charge in [-0.05, 0) is 30.2 Å². The zero-order valence-electron chi connectivity index (χ0n) is 10.1. The Morgan fingerprint density at radius 2 is 2.06 bits per heavy atom. The number of benzene rings is 1. The lowest BCUT2D eigenvalue weighted by molar-refractivity contribution is 0.410. The van der Waals surface area contributed by atoms with Gasteiger partial charge in [-0.1, -0.05) is 17.7 Å². The van der Waals surface area contributed by atoms with Crippen molar-refractivity contribution in [2.75, 3.05) is 12.8 Å². The van der Waals surface area contributed by atoms with E-state index in [0.29, 0.717) is 0 Å². The highest BCUT2D eigenvalue weighted by Crippen LogP contribution is 2.24. The van der Waals surface area contributed by atoms with Crippen LogP contribution in [0.1, 0.15) is 16.7 Å². The summed E-state index contributed by atoms with van der Waals surface area (Å²) >= 11 is 0. The minimum Gasteiger partial charge on any atom is -0.496 e. The Bertz CT molecular complexity index is 523. The fraction of sp³-hybridized carbons (Fsp3) is 0.214. The average Bonchev–Trinajstić information content (AvgIpc) is 2.32. The Morgan fingerprint density at radius 3 is 2.76 bits per heavy atom. The first-order valence-electron chi connectivity index (χ1n) is 5.52. The first-order valence-corrected chi connectivity index (χ1v) is 5.52. The SMILES string of the molecule is COc1ccc(C)cc1Cc1cnccc1N. The van der Waals surface area contributed by atoms with Crippen molar-refractivity contribution < 1.29 is 4.74 Å². The highest BCUT2D eigenvalue weighted by Gasteiger charge is 2.06. The van der Waals surface area contributed by atoms with E-state index in [0.717, 1.165) is 29.0 Å². The second kappa shape index (κ2) is 4.87. The molecule has 0 aliphatic rings. The lowest BCUT2D eigenvalue weighted by Gasteiger charge is -2.10. The molecule has 2 N–H and O–H groups in total. The summed E-state index contributed by atoms with van der Waals surface area (Å²) < 4.78 is 5.35. The Kier molecular flexibility index (Phi) is 3.28. The minimum absolute atomic E-state index is 0.741. The van der Waals surface area contributed by atoms with Crippen molar-refractivity contribution >= 4 is 5.69 Å². The molecule has 2 aromatic rings. The molecule has 0 unspecified atom stereocenters. The van der Waals surface area contributed by atoms with Gasteiger partial charge in [0.25, 0.3) is 0 Å². The molecule has 88 valence electrons. The smallest absolute Gasteiger partial charge is 0.122 e. The third kappa shape index (κ3) is 2.56. The first-order chi connectivity index (χ1) is 8.20. The van der Waals surface area contributed by atoms with Crippen molar-refractivity contribution in [1.82, 2.24) is 4.98 Å². The third-order valence-electron chi connectivity index (χ3n) is 2.76. The second-order valence-electron chi connectivity index (χ2n) is 4.07. The topological polar surface area (TPSA) is 48.1 Å². The zero-order chi connectivity index (χ0) is 12.3. The highest BCUT2D eigenvalue weighted by atomic mass is 16.5. The summed E-state index contributed by atoms with van der Waals surface area (Å²) in [5.41, 5.74) is 10.1. The van der Waals surface area contributed by atoms with Crippen molar-refractivity contribution in [3.63, 3.8) is 0 Å². The van der Waals surface area contributed by atoms with Crippen LogP contribution in [0.3, 0.4) is 0 Å². The van der Waals surface area contributed by atoms with Crippen LogP contribution in [0.15, 0.2) is 36.7 Å². The van der Waals surface area contributed by atoms with Crippen LogP contribution < -0.4 is 10.5 Å². The molecule has 1 aromatic carbocycles. The molecular formula is C14H16N2O. The van der Waals surface area contributed by atoms with Crippen LogP contribution in [0.5, 0.6) is 5.75 Å². The number of aromatic nitrogens is 1. The molecule has 0 amide bonds. The van der Waals surface area contributed by atoms with Gasteiger partial charge in [0.2, 0.25) is 0 Å². The molecule has 0 spiro atoms. The quantitative estimate of drug-likeness (QED) is 0.878. The normalized spacial score (nSPS) is 10.2. The summed E-state index contributed by atoms with van der Waals surface area (Å²) in [6, 6.07) is 7.95. The van der Waals surface area contributed by atoms with Crippen LogP contribution in [-0.2, 0) is 6.42 Å². The van der Waals surface area contributed by atoms with Gasteiger partial charge >= 0.3 is 0 Å². The first kappa shape index (κ1) is 11.5. The Labute approximate surface area is 101 Å². The van der Waals surface area contributed by atoms with Crippen LogP contribution in [-0.4, -0.2) is 12.1 Å². The molecule has 0 aliphatic heterocycles. The number of nitrogens with two attached hydrogens (primary N) is 1. The van der Waals surface area contributed by atoms with Crippen molar-refractivity contribution in [3.05, 3.63) is 53.3 Å². The summed E-state index contributed by atoms with van der Waals surface area (Å²) in [5, 5.41) is 0. The molecule has 0 bridgehead atoms. The Hall–Kier alpha value is -2.03. The number of nitrogen functional groups attached to an aromatic ring is 1. The van der Waals surface area contributed by atoms with Gasteiger partial charge in [0.1, 0.15) is 5.75 Å². The number of anilines is 1. The van der Waals surface area contributed by atoms with Gasteiger partial charge in [-0.3, -0.25) is 4.98 Å². The van der Waals surface area contributed by atoms with Gasteiger partial charge in [-0.15, -0.1) is 0 Å². The van der Waals surface area contributed by atoms with Gasteiger partial charge in [-0.2, -0.15) is 0 Å². The lowest BCUT2D eigenvalue weighted by atomic mass is 10.0. The van der Waals surface area contributed by atoms with E-state index in [-0.39, 0.29) is 0 Å². The van der Waals surface area contributed by atoms with Crippen LogP contribution in [0.2, 0.25) is 0 Å². The van der Waals surface area contributed by atoms with Gasteiger partial charge < -0.3 is 10.5 Å². The molecule has 0 aliphatic carbocycles. The largest absolute Gasteiger partial charge is 0.496 e. The van der Waals surface area contributed by atoms with E-state index in [2.05, 4.69) is 18.0 Å². The summed E-state index contributed by atoms with van der Waals surface area (Å²) in [7, 11) is 1.68. The van der Waals surface area contributed by atoms with E-state index in [9.17, 15) is 0 Å². The summed E-state index contributed by atoms with van der Waals surface area (Å²) in [6.07, 6.45) is 4.24. The number of rotatable bonds is 3. The predicted molar refractivity (Wildman–Crippen MR) is 69.2 cm³/mol. The molecule has 0 saturated carbocycles. The molecule has 0 fully saturated rings. The van der Waals surface area contributed by atoms with E-state index >= 15 is 0 Å². The van der Waals surface area contributed by atoms with Crippen LogP contribution in [0.25, 0.3) is 0 Å². The van der Waals surface area contributed by atoms with E-state index in [1.807, 2.05) is 18.2 Å². The summed E-state index contributed by atoms with van der Waals surface area (Å²) in [4.78, 5) is 4.10. The van der Waals surface area contributed by atoms with Gasteiger partial charge in [0, 0.05) is 24.5 Å². The van der Waals surface area contributed by atoms with E-state index in [1.165, 1.54) is 5.56 Å². The van der Waals surface area contributed by atoms with Gasteiger partial charge in [-0.25, -0.2) is 0 Å². The molecule has 17 heavy (non-hydrogen) atoms. The second-order valence-corrected chi connectivity index (χ2v) is 4.07. The number of ether oxygens (including phenoxy) is 1. The number of hydrogen-bond acceptors (Lipinski definition) is 3. The number of methoxy groups -OCH3 is 1.